The topological polar surface area (TPSA) is 28.7 Å². The smallest absolute Gasteiger partial charge is 0.108 e. The van der Waals surface area contributed by atoms with E-state index in [2.05, 4.69) is 23.1 Å². The van der Waals surface area contributed by atoms with Crippen molar-refractivity contribution in [2.75, 3.05) is 0 Å². The lowest BCUT2D eigenvalue weighted by Crippen LogP contribution is -1.86. The number of imidazole rings is 1. The number of aromatic nitrogens is 2. The maximum atomic E-state index is 4.01. The normalized spacial score (nSPS) is 10.1. The third-order valence-corrected chi connectivity index (χ3v) is 1.52. The van der Waals surface area contributed by atoms with Gasteiger partial charge in [-0.3, -0.25) is 0 Å². The molecule has 0 bridgehead atoms. The van der Waals surface area contributed by atoms with Crippen LogP contribution in [0.4, 0.5) is 0 Å². The molecule has 1 rings (SSSR count). The predicted molar refractivity (Wildman–Crippen MR) is 40.7 cm³/mol. The van der Waals surface area contributed by atoms with Gasteiger partial charge in [0.15, 0.2) is 0 Å². The van der Waals surface area contributed by atoms with Crippen molar-refractivity contribution in [3.05, 3.63) is 18.2 Å². The van der Waals surface area contributed by atoms with Crippen LogP contribution < -0.4 is 0 Å². The molecule has 0 saturated heterocycles. The minimum absolute atomic E-state index is 1.06. The molecule has 1 radical (unpaired) electrons. The molecule has 1 heterocycles. The number of unbranched alkanes of at least 4 members (excludes halogenated alkanes) is 2. The Morgan fingerprint density at radius 1 is 1.60 bits per heavy atom. The Bertz CT molecular complexity index is 156. The maximum absolute atomic E-state index is 4.01. The molecule has 0 fully saturated rings. The molecular formula is C8H13N2. The molecule has 0 aliphatic carbocycles. The monoisotopic (exact) mass is 137 g/mol. The van der Waals surface area contributed by atoms with E-state index in [9.17, 15) is 0 Å². The summed E-state index contributed by atoms with van der Waals surface area (Å²) in [5, 5.41) is 0. The first-order chi connectivity index (χ1) is 4.93. The number of hydrogen-bond donors (Lipinski definition) is 1. The fourth-order valence-corrected chi connectivity index (χ4v) is 0.929. The summed E-state index contributed by atoms with van der Waals surface area (Å²) in [5.74, 6) is 1.06. The molecule has 0 aromatic carbocycles. The second kappa shape index (κ2) is 4.09. The van der Waals surface area contributed by atoms with Crippen LogP contribution in [-0.2, 0) is 6.42 Å². The average molecular weight is 137 g/mol. The van der Waals surface area contributed by atoms with Crippen LogP contribution in [0.1, 0.15) is 32.0 Å². The van der Waals surface area contributed by atoms with Gasteiger partial charge in [-0.1, -0.05) is 19.8 Å². The summed E-state index contributed by atoms with van der Waals surface area (Å²) < 4.78 is 0. The van der Waals surface area contributed by atoms with Crippen molar-refractivity contribution in [3.8, 4) is 0 Å². The molecule has 0 aliphatic heterocycles. The van der Waals surface area contributed by atoms with Crippen LogP contribution in [0.2, 0.25) is 0 Å². The standard InChI is InChI=1S/C8H13N2/c1-2-3-4-5-8-9-6-7-10-8/h6H,2-5H2,1H3,(H,9,10). The summed E-state index contributed by atoms with van der Waals surface area (Å²) in [6.07, 6.45) is 9.36. The Morgan fingerprint density at radius 3 is 3.10 bits per heavy atom. The van der Waals surface area contributed by atoms with E-state index in [-0.39, 0.29) is 0 Å². The molecule has 10 heavy (non-hydrogen) atoms. The van der Waals surface area contributed by atoms with Crippen molar-refractivity contribution in [2.24, 2.45) is 0 Å². The number of H-pyrrole nitrogens is 1. The van der Waals surface area contributed by atoms with Gasteiger partial charge < -0.3 is 4.98 Å². The predicted octanol–water partition coefficient (Wildman–Crippen LogP) is 1.94. The molecule has 55 valence electrons. The van der Waals surface area contributed by atoms with Gasteiger partial charge in [-0.2, -0.15) is 0 Å². The molecule has 1 aromatic rings. The summed E-state index contributed by atoms with van der Waals surface area (Å²) in [4.78, 5) is 7.04. The highest BCUT2D eigenvalue weighted by Gasteiger charge is 1.92. The maximum Gasteiger partial charge on any atom is 0.108 e. The van der Waals surface area contributed by atoms with Gasteiger partial charge in [0.1, 0.15) is 12.0 Å². The van der Waals surface area contributed by atoms with Gasteiger partial charge in [0.2, 0.25) is 0 Å². The van der Waals surface area contributed by atoms with Crippen molar-refractivity contribution in [1.82, 2.24) is 9.97 Å². The van der Waals surface area contributed by atoms with Gasteiger partial charge in [0.05, 0.1) is 0 Å². The SMILES string of the molecule is CCCCCc1n[c]c[nH]1. The van der Waals surface area contributed by atoms with Crippen molar-refractivity contribution in [3.63, 3.8) is 0 Å². The Balaban J connectivity index is 2.15. The fourth-order valence-electron chi connectivity index (χ4n) is 0.929. The van der Waals surface area contributed by atoms with Crippen LogP contribution in [0.3, 0.4) is 0 Å². The fraction of sp³-hybridized carbons (Fsp3) is 0.625. The summed E-state index contributed by atoms with van der Waals surface area (Å²) in [6, 6.07) is 0. The van der Waals surface area contributed by atoms with E-state index in [0.717, 1.165) is 12.2 Å². The largest absolute Gasteiger partial charge is 0.348 e. The molecule has 1 aromatic heterocycles. The van der Waals surface area contributed by atoms with Crippen LogP contribution in [0, 0.1) is 6.20 Å². The van der Waals surface area contributed by atoms with E-state index in [4.69, 9.17) is 0 Å². The second-order valence-corrected chi connectivity index (χ2v) is 2.43. The highest BCUT2D eigenvalue weighted by Crippen LogP contribution is 1.99. The number of nitrogens with one attached hydrogen (secondary N) is 1. The summed E-state index contributed by atoms with van der Waals surface area (Å²) in [6.45, 7) is 2.20. The number of hydrogen-bond acceptors (Lipinski definition) is 1. The highest BCUT2D eigenvalue weighted by molar-refractivity contribution is 4.85. The first-order valence-electron chi connectivity index (χ1n) is 3.84. The van der Waals surface area contributed by atoms with Gasteiger partial charge in [0, 0.05) is 12.6 Å². The van der Waals surface area contributed by atoms with Crippen molar-refractivity contribution >= 4 is 0 Å². The van der Waals surface area contributed by atoms with Crippen LogP contribution >= 0.6 is 0 Å². The van der Waals surface area contributed by atoms with E-state index < -0.39 is 0 Å². The lowest BCUT2D eigenvalue weighted by Gasteiger charge is -1.93. The van der Waals surface area contributed by atoms with Crippen molar-refractivity contribution in [1.29, 1.82) is 0 Å². The molecule has 0 amide bonds. The van der Waals surface area contributed by atoms with E-state index >= 15 is 0 Å². The van der Waals surface area contributed by atoms with E-state index in [0.29, 0.717) is 0 Å². The molecule has 0 spiro atoms. The molecule has 2 heteroatoms. The third kappa shape index (κ3) is 2.21. The highest BCUT2D eigenvalue weighted by atomic mass is 14.9. The van der Waals surface area contributed by atoms with Gasteiger partial charge in [-0.25, -0.2) is 4.98 Å². The summed E-state index contributed by atoms with van der Waals surface area (Å²) in [5.41, 5.74) is 0. The van der Waals surface area contributed by atoms with Crippen LogP contribution in [0.15, 0.2) is 6.20 Å². The van der Waals surface area contributed by atoms with Gasteiger partial charge in [0.25, 0.3) is 0 Å². The first-order valence-corrected chi connectivity index (χ1v) is 3.84. The van der Waals surface area contributed by atoms with E-state index in [1.165, 1.54) is 19.3 Å². The average Bonchev–Trinajstić information content (AvgIpc) is 2.41. The Labute approximate surface area is 61.7 Å². The van der Waals surface area contributed by atoms with Crippen LogP contribution in [-0.4, -0.2) is 9.97 Å². The molecule has 0 saturated carbocycles. The van der Waals surface area contributed by atoms with E-state index in [1.807, 2.05) is 0 Å². The zero-order valence-electron chi connectivity index (χ0n) is 6.35. The number of aromatic amines is 1. The minimum Gasteiger partial charge on any atom is -0.348 e. The van der Waals surface area contributed by atoms with Crippen molar-refractivity contribution < 1.29 is 0 Å². The molecule has 2 nitrogen and oxygen atoms in total. The van der Waals surface area contributed by atoms with Crippen LogP contribution in [0.25, 0.3) is 0 Å². The molecular weight excluding hydrogens is 124 g/mol. The Kier molecular flexibility index (Phi) is 3.00. The number of nitrogens with zero attached hydrogens (tertiary/aromatic N) is 1. The quantitative estimate of drug-likeness (QED) is 0.631. The lowest BCUT2D eigenvalue weighted by molar-refractivity contribution is 0.699. The number of rotatable bonds is 4. The van der Waals surface area contributed by atoms with Crippen molar-refractivity contribution in [2.45, 2.75) is 32.6 Å². The Morgan fingerprint density at radius 2 is 2.50 bits per heavy atom. The first kappa shape index (κ1) is 7.32. The minimum atomic E-state index is 1.06. The van der Waals surface area contributed by atoms with Crippen LogP contribution in [0.5, 0.6) is 0 Å². The molecule has 0 aliphatic rings. The lowest BCUT2D eigenvalue weighted by atomic mass is 10.2. The van der Waals surface area contributed by atoms with Gasteiger partial charge >= 0.3 is 0 Å². The summed E-state index contributed by atoms with van der Waals surface area (Å²) in [7, 11) is 0. The second-order valence-electron chi connectivity index (χ2n) is 2.43. The van der Waals surface area contributed by atoms with Gasteiger partial charge in [-0.05, 0) is 6.42 Å². The molecule has 0 atom stereocenters. The third-order valence-electron chi connectivity index (χ3n) is 1.52. The molecule has 1 N–H and O–H groups in total. The number of aryl methyl sites for hydroxylation is 1. The summed E-state index contributed by atoms with van der Waals surface area (Å²) >= 11 is 0. The molecule has 0 unspecified atom stereocenters. The zero-order chi connectivity index (χ0) is 7.23. The van der Waals surface area contributed by atoms with E-state index in [1.54, 1.807) is 6.20 Å². The van der Waals surface area contributed by atoms with Gasteiger partial charge in [-0.15, -0.1) is 0 Å². The zero-order valence-corrected chi connectivity index (χ0v) is 6.35. The Hall–Kier alpha value is -0.790.